The van der Waals surface area contributed by atoms with Crippen molar-refractivity contribution in [1.29, 1.82) is 0 Å². The zero-order valence-corrected chi connectivity index (χ0v) is 26.4. The van der Waals surface area contributed by atoms with Crippen LogP contribution in [0.1, 0.15) is 50.7 Å². The van der Waals surface area contributed by atoms with E-state index < -0.39 is 10.0 Å². The molecule has 1 saturated heterocycles. The summed E-state index contributed by atoms with van der Waals surface area (Å²) in [6.45, 7) is 3.02. The number of hydrogen-bond donors (Lipinski definition) is 1. The van der Waals surface area contributed by atoms with E-state index in [0.29, 0.717) is 46.8 Å². The molecule has 1 atom stereocenters. The third kappa shape index (κ3) is 5.10. The Labute approximate surface area is 254 Å². The first-order valence-corrected chi connectivity index (χ1v) is 16.9. The maximum Gasteiger partial charge on any atom is 0.270 e. The number of rotatable bonds is 6. The van der Waals surface area contributed by atoms with E-state index in [4.69, 9.17) is 4.42 Å². The van der Waals surface area contributed by atoms with Crippen molar-refractivity contribution in [3.05, 3.63) is 76.3 Å². The minimum Gasteiger partial charge on any atom is -0.455 e. The molecule has 0 spiro atoms. The van der Waals surface area contributed by atoms with E-state index in [1.54, 1.807) is 24.5 Å². The summed E-state index contributed by atoms with van der Waals surface area (Å²) in [6, 6.07) is 15.3. The number of carbonyl (C=O) groups is 2. The summed E-state index contributed by atoms with van der Waals surface area (Å²) in [5.74, 6) is -0.0825. The van der Waals surface area contributed by atoms with E-state index in [0.717, 1.165) is 46.0 Å². The van der Waals surface area contributed by atoms with Crippen molar-refractivity contribution in [2.75, 3.05) is 37.7 Å². The number of aryl methyl sites for hydroxylation is 2. The molecule has 1 fully saturated rings. The summed E-state index contributed by atoms with van der Waals surface area (Å²) in [7, 11) is 1.37. The molecule has 3 aromatic heterocycles. The van der Waals surface area contributed by atoms with Crippen LogP contribution in [0.15, 0.2) is 58.3 Å². The number of sulfonamides is 1. The van der Waals surface area contributed by atoms with Crippen molar-refractivity contribution >= 4 is 60.0 Å². The van der Waals surface area contributed by atoms with E-state index in [9.17, 15) is 18.0 Å². The van der Waals surface area contributed by atoms with Gasteiger partial charge in [-0.15, -0.1) is 11.3 Å². The van der Waals surface area contributed by atoms with Crippen molar-refractivity contribution in [1.82, 2.24) is 14.8 Å². The number of piperidine rings is 1. The van der Waals surface area contributed by atoms with Crippen LogP contribution in [-0.2, 0) is 17.1 Å². The molecule has 0 bridgehead atoms. The standard InChI is InChI=1S/C32H34N4O5S2/c1-19-8-10-20(11-9-19)30-29(31(37)33-2)23-15-22(25(16-27(23)41-30)35(4)43(5,39)40)21-7-6-13-36(18-21)32(38)26-17-28-24(34(26)3)12-14-42-28/h8-12,14-17,21H,6-7,13,18H2,1-5H3,(H,33,37)/t21-/m1/s1. The van der Waals surface area contributed by atoms with Crippen LogP contribution in [0, 0.1) is 6.92 Å². The molecule has 43 heavy (non-hydrogen) atoms. The molecule has 0 radical (unpaired) electrons. The van der Waals surface area contributed by atoms with Gasteiger partial charge < -0.3 is 19.2 Å². The maximum absolute atomic E-state index is 13.8. The van der Waals surface area contributed by atoms with Gasteiger partial charge >= 0.3 is 0 Å². The largest absolute Gasteiger partial charge is 0.455 e. The highest BCUT2D eigenvalue weighted by Gasteiger charge is 2.32. The quantitative estimate of drug-likeness (QED) is 0.262. The lowest BCUT2D eigenvalue weighted by Gasteiger charge is -2.35. The van der Waals surface area contributed by atoms with Gasteiger partial charge in [0.05, 0.1) is 27.7 Å². The summed E-state index contributed by atoms with van der Waals surface area (Å²) >= 11 is 1.60. The molecule has 9 nitrogen and oxygen atoms in total. The van der Waals surface area contributed by atoms with E-state index in [2.05, 4.69) is 5.32 Å². The Morgan fingerprint density at radius 3 is 2.53 bits per heavy atom. The predicted molar refractivity (Wildman–Crippen MR) is 172 cm³/mol. The van der Waals surface area contributed by atoms with Crippen molar-refractivity contribution in [2.45, 2.75) is 25.7 Å². The van der Waals surface area contributed by atoms with Crippen molar-refractivity contribution in [2.24, 2.45) is 7.05 Å². The van der Waals surface area contributed by atoms with Crippen molar-refractivity contribution in [3.63, 3.8) is 0 Å². The molecule has 6 rings (SSSR count). The normalized spacial score (nSPS) is 15.7. The molecule has 1 aliphatic rings. The lowest BCUT2D eigenvalue weighted by atomic mass is 9.88. The van der Waals surface area contributed by atoms with Crippen LogP contribution in [0.4, 0.5) is 5.69 Å². The summed E-state index contributed by atoms with van der Waals surface area (Å²) < 4.78 is 36.1. The van der Waals surface area contributed by atoms with Crippen LogP contribution in [0.5, 0.6) is 0 Å². The maximum atomic E-state index is 13.8. The van der Waals surface area contributed by atoms with Crippen LogP contribution in [0.3, 0.4) is 0 Å². The first-order valence-electron chi connectivity index (χ1n) is 14.1. The highest BCUT2D eigenvalue weighted by atomic mass is 32.2. The lowest BCUT2D eigenvalue weighted by molar-refractivity contribution is 0.0698. The van der Waals surface area contributed by atoms with Crippen LogP contribution in [-0.4, -0.2) is 63.1 Å². The molecule has 4 heterocycles. The molecule has 1 aliphatic heterocycles. The minimum atomic E-state index is -3.62. The summed E-state index contributed by atoms with van der Waals surface area (Å²) in [5, 5.41) is 5.35. The molecule has 11 heteroatoms. The Hall–Kier alpha value is -4.09. The molecule has 0 saturated carbocycles. The van der Waals surface area contributed by atoms with Crippen molar-refractivity contribution in [3.8, 4) is 11.3 Å². The monoisotopic (exact) mass is 618 g/mol. The topological polar surface area (TPSA) is 105 Å². The number of nitrogens with one attached hydrogen (secondary N) is 1. The number of thiophene rings is 1. The van der Waals surface area contributed by atoms with Gasteiger partial charge in [-0.1, -0.05) is 29.8 Å². The first kappa shape index (κ1) is 29.0. The molecular weight excluding hydrogens is 585 g/mol. The number of amides is 2. The van der Waals surface area contributed by atoms with Gasteiger partial charge in [0.1, 0.15) is 17.0 Å². The van der Waals surface area contributed by atoms with E-state index >= 15 is 0 Å². The highest BCUT2D eigenvalue weighted by molar-refractivity contribution is 7.92. The third-order valence-corrected chi connectivity index (χ3v) is 10.5. The fraction of sp³-hybridized carbons (Fsp3) is 0.312. The molecule has 0 aliphatic carbocycles. The molecular formula is C32H34N4O5S2. The Balaban J connectivity index is 1.47. The fourth-order valence-electron chi connectivity index (χ4n) is 6.02. The van der Waals surface area contributed by atoms with Gasteiger partial charge in [0.2, 0.25) is 10.0 Å². The highest BCUT2D eigenvalue weighted by Crippen LogP contribution is 2.42. The van der Waals surface area contributed by atoms with Crippen LogP contribution in [0.2, 0.25) is 0 Å². The van der Waals surface area contributed by atoms with Crippen molar-refractivity contribution < 1.29 is 22.4 Å². The van der Waals surface area contributed by atoms with Crippen LogP contribution in [0.25, 0.3) is 32.5 Å². The van der Waals surface area contributed by atoms with Gasteiger partial charge in [0.25, 0.3) is 11.8 Å². The second-order valence-electron chi connectivity index (χ2n) is 11.2. The molecule has 2 amide bonds. The second-order valence-corrected chi connectivity index (χ2v) is 14.2. The number of benzene rings is 2. The lowest BCUT2D eigenvalue weighted by Crippen LogP contribution is -2.40. The molecule has 1 N–H and O–H groups in total. The van der Waals surface area contributed by atoms with Crippen LogP contribution < -0.4 is 9.62 Å². The number of carbonyl (C=O) groups excluding carboxylic acids is 2. The predicted octanol–water partition coefficient (Wildman–Crippen LogP) is 5.74. The summed E-state index contributed by atoms with van der Waals surface area (Å²) in [5.41, 5.74) is 5.51. The number of anilines is 1. The smallest absolute Gasteiger partial charge is 0.270 e. The van der Waals surface area contributed by atoms with Gasteiger partial charge in [-0.25, -0.2) is 8.42 Å². The minimum absolute atomic E-state index is 0.0503. The van der Waals surface area contributed by atoms with Gasteiger partial charge in [0.15, 0.2) is 0 Å². The number of hydrogen-bond acceptors (Lipinski definition) is 6. The van der Waals surface area contributed by atoms with Gasteiger partial charge in [-0.2, -0.15) is 0 Å². The summed E-state index contributed by atoms with van der Waals surface area (Å²) in [6.07, 6.45) is 2.69. The number of aromatic nitrogens is 1. The number of furan rings is 1. The Kier molecular flexibility index (Phi) is 7.34. The zero-order valence-electron chi connectivity index (χ0n) is 24.8. The van der Waals surface area contributed by atoms with E-state index in [1.807, 2.05) is 71.3 Å². The van der Waals surface area contributed by atoms with E-state index in [-0.39, 0.29) is 17.7 Å². The second kappa shape index (κ2) is 10.9. The fourth-order valence-corrected chi connectivity index (χ4v) is 7.38. The number of fused-ring (bicyclic) bond motifs is 2. The third-order valence-electron chi connectivity index (χ3n) is 8.47. The molecule has 2 aromatic carbocycles. The first-order chi connectivity index (χ1) is 20.5. The van der Waals surface area contributed by atoms with Gasteiger partial charge in [-0.3, -0.25) is 13.9 Å². The molecule has 5 aromatic rings. The Morgan fingerprint density at radius 2 is 1.86 bits per heavy atom. The molecule has 0 unspecified atom stereocenters. The average Bonchev–Trinajstić information content (AvgIpc) is 3.69. The number of nitrogens with zero attached hydrogens (tertiary/aromatic N) is 3. The SMILES string of the molecule is CNC(=O)c1c(-c2ccc(C)cc2)oc2cc(N(C)S(C)(=O)=O)c([C@@H]3CCCN(C(=O)c4cc5sccc5n4C)C3)cc12. The Bertz CT molecular complexity index is 1990. The van der Waals surface area contributed by atoms with Crippen LogP contribution >= 0.6 is 11.3 Å². The zero-order chi connectivity index (χ0) is 30.6. The molecule has 224 valence electrons. The van der Waals surface area contributed by atoms with Gasteiger partial charge in [-0.05, 0) is 48.9 Å². The average molecular weight is 619 g/mol. The Morgan fingerprint density at radius 1 is 1.12 bits per heavy atom. The summed E-state index contributed by atoms with van der Waals surface area (Å²) in [4.78, 5) is 28.9. The van der Waals surface area contributed by atoms with E-state index in [1.165, 1.54) is 11.4 Å². The van der Waals surface area contributed by atoms with Gasteiger partial charge in [0, 0.05) is 57.2 Å². The number of likely N-dealkylation sites (tertiary alicyclic amines) is 1.